The molecule has 8 nitrogen and oxygen atoms in total. The number of aromatic amines is 1. The average Bonchev–Trinajstić information content (AvgIpc) is 3.24. The van der Waals surface area contributed by atoms with Gasteiger partial charge in [-0.3, -0.25) is 0 Å². The van der Waals surface area contributed by atoms with Crippen molar-refractivity contribution in [1.29, 1.82) is 0 Å². The van der Waals surface area contributed by atoms with Crippen LogP contribution >= 0.6 is 11.6 Å². The highest BCUT2D eigenvalue weighted by Crippen LogP contribution is 2.45. The van der Waals surface area contributed by atoms with Crippen LogP contribution in [0.15, 0.2) is 48.0 Å². The number of fused-ring (bicyclic) bond motifs is 1. The maximum absolute atomic E-state index is 11.2. The van der Waals surface area contributed by atoms with Gasteiger partial charge in [0.1, 0.15) is 11.8 Å². The van der Waals surface area contributed by atoms with Crippen LogP contribution in [0.25, 0.3) is 11.0 Å². The summed E-state index contributed by atoms with van der Waals surface area (Å²) >= 11 is 5.94. The van der Waals surface area contributed by atoms with Gasteiger partial charge >= 0.3 is 0 Å². The summed E-state index contributed by atoms with van der Waals surface area (Å²) in [6.45, 7) is 1.65. The van der Waals surface area contributed by atoms with Gasteiger partial charge in [-0.25, -0.2) is 4.98 Å². The molecule has 1 aliphatic rings. The van der Waals surface area contributed by atoms with E-state index in [4.69, 9.17) is 17.4 Å². The lowest BCUT2D eigenvalue weighted by Crippen LogP contribution is -2.39. The highest BCUT2D eigenvalue weighted by molar-refractivity contribution is 6.30. The second-order valence-corrected chi connectivity index (χ2v) is 7.82. The lowest BCUT2D eigenvalue weighted by molar-refractivity contribution is -0.0752. The molecule has 0 amide bonds. The predicted molar refractivity (Wildman–Crippen MR) is 104 cm³/mol. The molecule has 2 aromatic heterocycles. The highest BCUT2D eigenvalue weighted by atomic mass is 35.5. The van der Waals surface area contributed by atoms with Crippen molar-refractivity contribution in [2.24, 2.45) is 16.9 Å². The number of nitrogens with one attached hydrogen (secondary N) is 1. The number of halogens is 1. The van der Waals surface area contributed by atoms with E-state index in [0.29, 0.717) is 33.5 Å². The number of aliphatic hydroxyl groups excluding tert-OH is 2. The first-order chi connectivity index (χ1) is 13.3. The number of aliphatic hydroxyl groups is 3. The third-order valence-corrected chi connectivity index (χ3v) is 6.08. The van der Waals surface area contributed by atoms with E-state index in [2.05, 4.69) is 15.1 Å². The molecule has 1 fully saturated rings. The van der Waals surface area contributed by atoms with Gasteiger partial charge < -0.3 is 30.7 Å². The molecule has 0 radical (unpaired) electrons. The van der Waals surface area contributed by atoms with Crippen LogP contribution in [-0.2, 0) is 5.60 Å². The number of aromatic nitrogens is 3. The minimum atomic E-state index is -1.34. The number of H-pyrrole nitrogens is 1. The van der Waals surface area contributed by atoms with Gasteiger partial charge in [-0.15, -0.1) is 0 Å². The van der Waals surface area contributed by atoms with E-state index in [1.54, 1.807) is 43.5 Å². The Morgan fingerprint density at radius 3 is 2.64 bits per heavy atom. The van der Waals surface area contributed by atoms with Crippen LogP contribution in [0.5, 0.6) is 0 Å². The number of nitrogens with zero attached hydrogens (tertiary/aromatic N) is 3. The fourth-order valence-corrected chi connectivity index (χ4v) is 4.36. The normalized spacial score (nSPS) is 28.0. The second kappa shape index (κ2) is 6.89. The van der Waals surface area contributed by atoms with Gasteiger partial charge in [-0.05, 0) is 37.1 Å². The van der Waals surface area contributed by atoms with Crippen LogP contribution in [0, 0.1) is 5.92 Å². The van der Waals surface area contributed by atoms with Crippen molar-refractivity contribution < 1.29 is 15.3 Å². The molecule has 2 heterocycles. The molecule has 1 saturated carbocycles. The average molecular weight is 404 g/mol. The Morgan fingerprint density at radius 1 is 1.25 bits per heavy atom. The second-order valence-electron chi connectivity index (χ2n) is 7.39. The minimum absolute atomic E-state index is 0.368. The summed E-state index contributed by atoms with van der Waals surface area (Å²) in [5.74, 6) is 4.81. The van der Waals surface area contributed by atoms with Crippen LogP contribution in [-0.4, -0.2) is 42.1 Å². The molecule has 6 N–H and O–H groups in total. The zero-order chi connectivity index (χ0) is 20.1. The van der Waals surface area contributed by atoms with Gasteiger partial charge in [0.2, 0.25) is 0 Å². The Kier molecular flexibility index (Phi) is 4.67. The number of hydrogen-bond acceptors (Lipinski definition) is 6. The standard InChI is InChI=1S/C19H22ClN5O3/c1-19(28,10-2-4-11(20)5-3-10)13-8-14(16(27)15(13)26)25-7-6-12-17(24-21)22-9-23-18(12)25/h2-7,9,13-16,26-28H,8,21H2,1H3,(H,22,23,24)/t13-,14+,15+,16-,19+/m0/s1. The molecule has 148 valence electrons. The summed E-state index contributed by atoms with van der Waals surface area (Å²) in [5.41, 5.74) is 0.352. The van der Waals surface area contributed by atoms with Crippen molar-refractivity contribution in [3.8, 4) is 0 Å². The fourth-order valence-electron chi connectivity index (χ4n) is 4.23. The minimum Gasteiger partial charge on any atom is -0.390 e. The van der Waals surface area contributed by atoms with Crippen molar-refractivity contribution in [3.05, 3.63) is 58.9 Å². The predicted octanol–water partition coefficient (Wildman–Crippen LogP) is 0.983. The largest absolute Gasteiger partial charge is 0.390 e. The number of rotatable bonds is 3. The Morgan fingerprint density at radius 2 is 1.96 bits per heavy atom. The topological polar surface area (TPSA) is 133 Å². The summed E-state index contributed by atoms with van der Waals surface area (Å²) in [4.78, 5) is 7.12. The Labute approximate surface area is 165 Å². The van der Waals surface area contributed by atoms with E-state index in [0.717, 1.165) is 0 Å². The van der Waals surface area contributed by atoms with E-state index < -0.39 is 29.8 Å². The summed E-state index contributed by atoms with van der Waals surface area (Å²) in [6.07, 6.45) is 1.47. The van der Waals surface area contributed by atoms with E-state index in [1.807, 2.05) is 4.57 Å². The SMILES string of the molecule is C[C@@](O)(c1ccc(Cl)cc1)[C@H]1C[C@@H](n2ccc3/c(=N\N)nc[nH]c32)[C@H](O)[C@@H]1O. The molecule has 0 spiro atoms. The summed E-state index contributed by atoms with van der Waals surface area (Å²) < 4.78 is 1.83. The van der Waals surface area contributed by atoms with Gasteiger partial charge in [0.25, 0.3) is 0 Å². The molecular weight excluding hydrogens is 382 g/mol. The van der Waals surface area contributed by atoms with Gasteiger partial charge in [0.15, 0.2) is 5.49 Å². The van der Waals surface area contributed by atoms with Crippen LogP contribution < -0.4 is 11.3 Å². The van der Waals surface area contributed by atoms with Gasteiger partial charge in [0.05, 0.1) is 29.5 Å². The highest BCUT2D eigenvalue weighted by Gasteiger charge is 2.50. The molecule has 0 bridgehead atoms. The van der Waals surface area contributed by atoms with Crippen molar-refractivity contribution in [2.45, 2.75) is 37.2 Å². The number of nitrogens with two attached hydrogens (primary N) is 1. The van der Waals surface area contributed by atoms with Crippen molar-refractivity contribution in [2.75, 3.05) is 0 Å². The molecule has 9 heteroatoms. The quantitative estimate of drug-likeness (QED) is 0.328. The molecular formula is C19H22ClN5O3. The number of benzene rings is 1. The summed E-state index contributed by atoms with van der Waals surface area (Å²) in [7, 11) is 0. The Bertz CT molecular complexity index is 1060. The zero-order valence-corrected chi connectivity index (χ0v) is 16.0. The first kappa shape index (κ1) is 18.9. The molecule has 0 aliphatic heterocycles. The van der Waals surface area contributed by atoms with Crippen LogP contribution in [0.2, 0.25) is 5.02 Å². The van der Waals surface area contributed by atoms with Crippen molar-refractivity contribution >= 4 is 22.6 Å². The molecule has 0 unspecified atom stereocenters. The van der Waals surface area contributed by atoms with Crippen LogP contribution in [0.3, 0.4) is 0 Å². The van der Waals surface area contributed by atoms with E-state index >= 15 is 0 Å². The maximum atomic E-state index is 11.2. The van der Waals surface area contributed by atoms with Crippen LogP contribution in [0.4, 0.5) is 0 Å². The van der Waals surface area contributed by atoms with Gasteiger partial charge in [0, 0.05) is 17.1 Å². The smallest absolute Gasteiger partial charge is 0.183 e. The lowest BCUT2D eigenvalue weighted by Gasteiger charge is -2.33. The third-order valence-electron chi connectivity index (χ3n) is 5.83. The molecule has 5 atom stereocenters. The Hall–Kier alpha value is -2.39. The monoisotopic (exact) mass is 403 g/mol. The van der Waals surface area contributed by atoms with Crippen molar-refractivity contribution in [3.63, 3.8) is 0 Å². The van der Waals surface area contributed by atoms with Gasteiger partial charge in [-0.2, -0.15) is 5.10 Å². The molecule has 0 saturated heterocycles. The maximum Gasteiger partial charge on any atom is 0.183 e. The lowest BCUT2D eigenvalue weighted by atomic mass is 9.80. The molecule has 28 heavy (non-hydrogen) atoms. The van der Waals surface area contributed by atoms with Crippen LogP contribution in [0.1, 0.15) is 24.9 Å². The summed E-state index contributed by atoms with van der Waals surface area (Å²) in [6, 6.07) is 8.21. The molecule has 1 aromatic carbocycles. The van der Waals surface area contributed by atoms with Crippen molar-refractivity contribution in [1.82, 2.24) is 14.5 Å². The summed E-state index contributed by atoms with van der Waals surface area (Å²) in [5, 5.41) is 37.6. The van der Waals surface area contributed by atoms with Gasteiger partial charge in [-0.1, -0.05) is 23.7 Å². The van der Waals surface area contributed by atoms with E-state index in [-0.39, 0.29) is 0 Å². The van der Waals surface area contributed by atoms with E-state index in [9.17, 15) is 15.3 Å². The Balaban J connectivity index is 1.72. The first-order valence-corrected chi connectivity index (χ1v) is 9.35. The third kappa shape index (κ3) is 2.89. The molecule has 3 aromatic rings. The van der Waals surface area contributed by atoms with E-state index in [1.165, 1.54) is 6.33 Å². The number of hydrogen-bond donors (Lipinski definition) is 5. The first-order valence-electron chi connectivity index (χ1n) is 8.97. The molecule has 1 aliphatic carbocycles. The zero-order valence-electron chi connectivity index (χ0n) is 15.2. The molecule has 4 rings (SSSR count). The fraction of sp³-hybridized carbons (Fsp3) is 0.368.